The summed E-state index contributed by atoms with van der Waals surface area (Å²) in [7, 11) is 0. The zero-order chi connectivity index (χ0) is 14.9. The maximum Gasteiger partial charge on any atom is 0.0575 e. The molecule has 1 heteroatoms. The highest BCUT2D eigenvalue weighted by atomic mass is 16.5. The summed E-state index contributed by atoms with van der Waals surface area (Å²) in [4.78, 5) is 0. The Kier molecular flexibility index (Phi) is 7.85. The van der Waals surface area contributed by atoms with Crippen molar-refractivity contribution in [1.29, 1.82) is 0 Å². The van der Waals surface area contributed by atoms with Crippen LogP contribution in [-0.4, -0.2) is 12.7 Å². The van der Waals surface area contributed by atoms with Gasteiger partial charge in [-0.1, -0.05) is 32.4 Å². The first-order chi connectivity index (χ1) is 10.3. The normalized spacial score (nSPS) is 34.4. The minimum absolute atomic E-state index is 0.578. The molecule has 0 aromatic carbocycles. The molecule has 122 valence electrons. The van der Waals surface area contributed by atoms with E-state index in [1.165, 1.54) is 64.2 Å². The SMILES string of the molecule is CCCC=C[C@H]1CC[C@H]([C@H]2CC[C@H](OCCC)CC2)CC1. The van der Waals surface area contributed by atoms with Crippen molar-refractivity contribution in [3.8, 4) is 0 Å². The van der Waals surface area contributed by atoms with Crippen molar-refractivity contribution in [2.75, 3.05) is 6.61 Å². The molecule has 21 heavy (non-hydrogen) atoms. The van der Waals surface area contributed by atoms with Crippen LogP contribution in [0.1, 0.15) is 84.5 Å². The lowest BCUT2D eigenvalue weighted by atomic mass is 9.70. The number of rotatable bonds is 7. The Hall–Kier alpha value is -0.300. The molecule has 0 unspecified atom stereocenters. The molecule has 0 bridgehead atoms. The van der Waals surface area contributed by atoms with E-state index in [-0.39, 0.29) is 0 Å². The predicted molar refractivity (Wildman–Crippen MR) is 91.5 cm³/mol. The molecule has 0 amide bonds. The van der Waals surface area contributed by atoms with E-state index in [1.54, 1.807) is 0 Å². The van der Waals surface area contributed by atoms with Gasteiger partial charge in [0.05, 0.1) is 6.10 Å². The summed E-state index contributed by atoms with van der Waals surface area (Å²) in [5.74, 6) is 2.91. The smallest absolute Gasteiger partial charge is 0.0575 e. The van der Waals surface area contributed by atoms with Gasteiger partial charge in [-0.2, -0.15) is 0 Å². The average Bonchev–Trinajstić information content (AvgIpc) is 2.54. The van der Waals surface area contributed by atoms with Gasteiger partial charge in [0.1, 0.15) is 0 Å². The summed E-state index contributed by atoms with van der Waals surface area (Å²) in [5.41, 5.74) is 0. The number of ether oxygens (including phenoxy) is 1. The van der Waals surface area contributed by atoms with E-state index in [1.807, 2.05) is 0 Å². The van der Waals surface area contributed by atoms with E-state index >= 15 is 0 Å². The van der Waals surface area contributed by atoms with Gasteiger partial charge in [0.25, 0.3) is 0 Å². The van der Waals surface area contributed by atoms with Gasteiger partial charge in [0.15, 0.2) is 0 Å². The Morgan fingerprint density at radius 3 is 2.00 bits per heavy atom. The van der Waals surface area contributed by atoms with Crippen molar-refractivity contribution < 1.29 is 4.74 Å². The first kappa shape index (κ1) is 17.1. The third-order valence-corrected chi connectivity index (χ3v) is 5.62. The van der Waals surface area contributed by atoms with E-state index in [0.29, 0.717) is 6.10 Å². The molecule has 0 N–H and O–H groups in total. The summed E-state index contributed by atoms with van der Waals surface area (Å²) in [6.45, 7) is 5.44. The van der Waals surface area contributed by atoms with E-state index in [9.17, 15) is 0 Å². The van der Waals surface area contributed by atoms with E-state index in [2.05, 4.69) is 26.0 Å². The van der Waals surface area contributed by atoms with E-state index in [0.717, 1.165) is 30.8 Å². The Morgan fingerprint density at radius 2 is 1.43 bits per heavy atom. The summed E-state index contributed by atoms with van der Waals surface area (Å²) >= 11 is 0. The number of allylic oxidation sites excluding steroid dienone is 2. The molecule has 2 aliphatic carbocycles. The largest absolute Gasteiger partial charge is 0.378 e. The molecule has 0 heterocycles. The van der Waals surface area contributed by atoms with Gasteiger partial charge in [0, 0.05) is 6.61 Å². The average molecular weight is 293 g/mol. The molecule has 0 saturated heterocycles. The van der Waals surface area contributed by atoms with Crippen molar-refractivity contribution in [2.45, 2.75) is 90.6 Å². The van der Waals surface area contributed by atoms with Crippen LogP contribution in [0.15, 0.2) is 12.2 Å². The second-order valence-electron chi connectivity index (χ2n) is 7.30. The lowest BCUT2D eigenvalue weighted by Crippen LogP contribution is -2.28. The van der Waals surface area contributed by atoms with Crippen LogP contribution in [0.5, 0.6) is 0 Å². The van der Waals surface area contributed by atoms with Crippen LogP contribution in [-0.2, 0) is 4.74 Å². The zero-order valence-corrected chi connectivity index (χ0v) is 14.4. The van der Waals surface area contributed by atoms with Crippen LogP contribution in [0.3, 0.4) is 0 Å². The second kappa shape index (κ2) is 9.66. The number of hydrogen-bond acceptors (Lipinski definition) is 1. The van der Waals surface area contributed by atoms with Gasteiger partial charge in [-0.05, 0) is 82.0 Å². The first-order valence-electron chi connectivity index (χ1n) is 9.61. The lowest BCUT2D eigenvalue weighted by Gasteiger charge is -2.37. The molecule has 0 aromatic heterocycles. The Labute approximate surface area is 132 Å². The van der Waals surface area contributed by atoms with Crippen LogP contribution in [0.25, 0.3) is 0 Å². The fraction of sp³-hybridized carbons (Fsp3) is 0.900. The van der Waals surface area contributed by atoms with Gasteiger partial charge in [0.2, 0.25) is 0 Å². The fourth-order valence-corrected chi connectivity index (χ4v) is 4.28. The molecule has 1 nitrogen and oxygen atoms in total. The summed E-state index contributed by atoms with van der Waals surface area (Å²) in [6, 6.07) is 0. The summed E-state index contributed by atoms with van der Waals surface area (Å²) in [5, 5.41) is 0. The number of hydrogen-bond donors (Lipinski definition) is 0. The van der Waals surface area contributed by atoms with Crippen molar-refractivity contribution >= 4 is 0 Å². The van der Waals surface area contributed by atoms with Gasteiger partial charge in [-0.3, -0.25) is 0 Å². The van der Waals surface area contributed by atoms with Crippen LogP contribution in [0.4, 0.5) is 0 Å². The molecule has 0 radical (unpaired) electrons. The minimum atomic E-state index is 0.578. The monoisotopic (exact) mass is 292 g/mol. The molecule has 2 aliphatic rings. The third-order valence-electron chi connectivity index (χ3n) is 5.62. The van der Waals surface area contributed by atoms with Gasteiger partial charge >= 0.3 is 0 Å². The predicted octanol–water partition coefficient (Wildman–Crippen LogP) is 6.13. The molecule has 2 rings (SSSR count). The van der Waals surface area contributed by atoms with Gasteiger partial charge in [-0.25, -0.2) is 0 Å². The molecular weight excluding hydrogens is 256 g/mol. The molecule has 0 aliphatic heterocycles. The molecule has 0 spiro atoms. The maximum atomic E-state index is 5.93. The van der Waals surface area contributed by atoms with E-state index in [4.69, 9.17) is 4.74 Å². The van der Waals surface area contributed by atoms with Crippen molar-refractivity contribution in [1.82, 2.24) is 0 Å². The third kappa shape index (κ3) is 5.77. The number of unbranched alkanes of at least 4 members (excludes halogenated alkanes) is 1. The van der Waals surface area contributed by atoms with Crippen molar-refractivity contribution in [3.05, 3.63) is 12.2 Å². The van der Waals surface area contributed by atoms with Crippen LogP contribution < -0.4 is 0 Å². The van der Waals surface area contributed by atoms with Crippen LogP contribution in [0, 0.1) is 17.8 Å². The fourth-order valence-electron chi connectivity index (χ4n) is 4.28. The highest BCUT2D eigenvalue weighted by molar-refractivity contribution is 4.92. The standard InChI is InChI=1S/C20H36O/c1-3-5-6-7-17-8-10-18(11-9-17)19-12-14-20(15-13-19)21-16-4-2/h6-7,17-20H,3-5,8-16H2,1-2H3/t17-,18-,19-,20-. The highest BCUT2D eigenvalue weighted by Gasteiger charge is 2.30. The lowest BCUT2D eigenvalue weighted by molar-refractivity contribution is 0.00796. The zero-order valence-electron chi connectivity index (χ0n) is 14.4. The molecule has 2 saturated carbocycles. The second-order valence-corrected chi connectivity index (χ2v) is 7.30. The van der Waals surface area contributed by atoms with E-state index < -0.39 is 0 Å². The topological polar surface area (TPSA) is 9.23 Å². The maximum absolute atomic E-state index is 5.93. The van der Waals surface area contributed by atoms with Crippen molar-refractivity contribution in [2.24, 2.45) is 17.8 Å². The Bertz CT molecular complexity index is 280. The molecule has 0 aromatic rings. The summed E-state index contributed by atoms with van der Waals surface area (Å²) < 4.78 is 5.93. The van der Waals surface area contributed by atoms with Crippen LogP contribution in [0.2, 0.25) is 0 Å². The highest BCUT2D eigenvalue weighted by Crippen LogP contribution is 2.40. The van der Waals surface area contributed by atoms with Gasteiger partial charge < -0.3 is 4.74 Å². The molecular formula is C20H36O. The minimum Gasteiger partial charge on any atom is -0.378 e. The Morgan fingerprint density at radius 1 is 0.810 bits per heavy atom. The molecule has 2 fully saturated rings. The Balaban J connectivity index is 1.64. The van der Waals surface area contributed by atoms with Crippen molar-refractivity contribution in [3.63, 3.8) is 0 Å². The van der Waals surface area contributed by atoms with Crippen LogP contribution >= 0.6 is 0 Å². The quantitative estimate of drug-likeness (QED) is 0.512. The van der Waals surface area contributed by atoms with Gasteiger partial charge in [-0.15, -0.1) is 0 Å². The summed E-state index contributed by atoms with van der Waals surface area (Å²) in [6.07, 6.45) is 20.6. The molecule has 0 atom stereocenters. The first-order valence-corrected chi connectivity index (χ1v) is 9.61.